The van der Waals surface area contributed by atoms with Crippen molar-refractivity contribution < 1.29 is 0 Å². The lowest BCUT2D eigenvalue weighted by atomic mass is 10.4. The molecule has 0 bridgehead atoms. The Balaban J connectivity index is 2.05. The van der Waals surface area contributed by atoms with Crippen LogP contribution < -0.4 is 11.1 Å². The highest BCUT2D eigenvalue weighted by Crippen LogP contribution is 1.94. The molecule has 0 atom stereocenters. The molecule has 0 fully saturated rings. The second kappa shape index (κ2) is 3.35. The second-order valence-corrected chi connectivity index (χ2v) is 2.13. The highest BCUT2D eigenvalue weighted by Gasteiger charge is 1.99. The van der Waals surface area contributed by atoms with Crippen LogP contribution in [-0.2, 0) is 0 Å². The number of hydrogen-bond acceptors (Lipinski definition) is 3. The highest BCUT2D eigenvalue weighted by atomic mass is 15.2. The van der Waals surface area contributed by atoms with Crippen LogP contribution in [0.2, 0.25) is 0 Å². The Morgan fingerprint density at radius 2 is 2.56 bits per heavy atom. The molecule has 9 heavy (non-hydrogen) atoms. The zero-order chi connectivity index (χ0) is 6.53. The lowest BCUT2D eigenvalue weighted by molar-refractivity contribution is 0.386. The SMILES string of the molecule is NCCCN1C=CNC1. The first kappa shape index (κ1) is 6.42. The van der Waals surface area contributed by atoms with E-state index in [2.05, 4.69) is 16.4 Å². The Morgan fingerprint density at radius 1 is 1.67 bits per heavy atom. The van der Waals surface area contributed by atoms with E-state index in [0.717, 1.165) is 26.2 Å². The summed E-state index contributed by atoms with van der Waals surface area (Å²) in [5.74, 6) is 0. The minimum Gasteiger partial charge on any atom is -0.373 e. The van der Waals surface area contributed by atoms with E-state index in [4.69, 9.17) is 5.73 Å². The van der Waals surface area contributed by atoms with E-state index in [9.17, 15) is 0 Å². The topological polar surface area (TPSA) is 41.3 Å². The summed E-state index contributed by atoms with van der Waals surface area (Å²) in [6, 6.07) is 0. The average Bonchev–Trinajstić information content (AvgIpc) is 2.34. The quantitative estimate of drug-likeness (QED) is 0.545. The summed E-state index contributed by atoms with van der Waals surface area (Å²) in [6.45, 7) is 2.80. The Morgan fingerprint density at radius 3 is 3.11 bits per heavy atom. The van der Waals surface area contributed by atoms with Gasteiger partial charge in [-0.3, -0.25) is 0 Å². The van der Waals surface area contributed by atoms with Crippen LogP contribution in [0, 0.1) is 0 Å². The van der Waals surface area contributed by atoms with Crippen molar-refractivity contribution in [2.75, 3.05) is 19.8 Å². The fourth-order valence-corrected chi connectivity index (χ4v) is 0.829. The van der Waals surface area contributed by atoms with Gasteiger partial charge in [-0.25, -0.2) is 0 Å². The van der Waals surface area contributed by atoms with Gasteiger partial charge in [0.25, 0.3) is 0 Å². The summed E-state index contributed by atoms with van der Waals surface area (Å²) < 4.78 is 0. The smallest absolute Gasteiger partial charge is 0.0867 e. The van der Waals surface area contributed by atoms with Gasteiger partial charge in [0.15, 0.2) is 0 Å². The minimum atomic E-state index is 0.782. The van der Waals surface area contributed by atoms with Crippen LogP contribution in [-0.4, -0.2) is 24.7 Å². The van der Waals surface area contributed by atoms with Crippen LogP contribution in [0.4, 0.5) is 0 Å². The van der Waals surface area contributed by atoms with Crippen molar-refractivity contribution in [3.63, 3.8) is 0 Å². The van der Waals surface area contributed by atoms with Crippen LogP contribution in [0.1, 0.15) is 6.42 Å². The molecule has 3 heteroatoms. The van der Waals surface area contributed by atoms with E-state index in [1.165, 1.54) is 0 Å². The van der Waals surface area contributed by atoms with E-state index in [1.54, 1.807) is 0 Å². The van der Waals surface area contributed by atoms with Crippen molar-refractivity contribution in [3.8, 4) is 0 Å². The molecule has 1 aliphatic heterocycles. The zero-order valence-electron chi connectivity index (χ0n) is 5.51. The Bertz CT molecular complexity index is 100. The van der Waals surface area contributed by atoms with Gasteiger partial charge in [-0.05, 0) is 13.0 Å². The maximum absolute atomic E-state index is 5.34. The fourth-order valence-electron chi connectivity index (χ4n) is 0.829. The standard InChI is InChI=1S/C6H13N3/c7-2-1-4-9-5-3-8-6-9/h3,5,8H,1-2,4,6-7H2. The lowest BCUT2D eigenvalue weighted by Crippen LogP contribution is -2.23. The van der Waals surface area contributed by atoms with Gasteiger partial charge in [0.1, 0.15) is 0 Å². The molecular formula is C6H13N3. The number of nitrogens with two attached hydrogens (primary N) is 1. The molecule has 0 saturated heterocycles. The van der Waals surface area contributed by atoms with Crippen molar-refractivity contribution in [3.05, 3.63) is 12.4 Å². The summed E-state index contributed by atoms with van der Waals surface area (Å²) in [5.41, 5.74) is 5.34. The van der Waals surface area contributed by atoms with E-state index < -0.39 is 0 Å². The Labute approximate surface area is 55.5 Å². The normalized spacial score (nSPS) is 16.3. The van der Waals surface area contributed by atoms with Crippen molar-refractivity contribution in [1.29, 1.82) is 0 Å². The molecule has 1 rings (SSSR count). The van der Waals surface area contributed by atoms with E-state index in [1.807, 2.05) is 6.20 Å². The number of nitrogens with zero attached hydrogens (tertiary/aromatic N) is 1. The molecule has 3 N–H and O–H groups in total. The summed E-state index contributed by atoms with van der Waals surface area (Å²) in [5, 5.41) is 3.09. The molecule has 0 aliphatic carbocycles. The number of nitrogens with one attached hydrogen (secondary N) is 1. The van der Waals surface area contributed by atoms with Gasteiger partial charge in [0, 0.05) is 18.9 Å². The molecule has 0 aromatic rings. The molecule has 52 valence electrons. The third-order valence-electron chi connectivity index (χ3n) is 1.35. The molecule has 0 unspecified atom stereocenters. The molecular weight excluding hydrogens is 114 g/mol. The Kier molecular flexibility index (Phi) is 2.39. The maximum atomic E-state index is 5.34. The lowest BCUT2D eigenvalue weighted by Gasteiger charge is -2.12. The maximum Gasteiger partial charge on any atom is 0.0867 e. The molecule has 0 radical (unpaired) electrons. The minimum absolute atomic E-state index is 0.782. The monoisotopic (exact) mass is 127 g/mol. The highest BCUT2D eigenvalue weighted by molar-refractivity contribution is 4.86. The first-order valence-corrected chi connectivity index (χ1v) is 3.27. The van der Waals surface area contributed by atoms with E-state index in [0.29, 0.717) is 0 Å². The van der Waals surface area contributed by atoms with Crippen LogP contribution in [0.3, 0.4) is 0 Å². The largest absolute Gasteiger partial charge is 0.373 e. The third kappa shape index (κ3) is 1.93. The molecule has 0 amide bonds. The van der Waals surface area contributed by atoms with Crippen LogP contribution in [0.25, 0.3) is 0 Å². The van der Waals surface area contributed by atoms with Gasteiger partial charge in [0.05, 0.1) is 6.67 Å². The predicted molar refractivity (Wildman–Crippen MR) is 37.5 cm³/mol. The first-order valence-electron chi connectivity index (χ1n) is 3.27. The molecule has 0 spiro atoms. The van der Waals surface area contributed by atoms with Gasteiger partial charge in [-0.2, -0.15) is 0 Å². The number of rotatable bonds is 3. The molecule has 1 heterocycles. The summed E-state index contributed by atoms with van der Waals surface area (Å²) >= 11 is 0. The van der Waals surface area contributed by atoms with Crippen LogP contribution in [0.5, 0.6) is 0 Å². The molecule has 1 aliphatic rings. The summed E-state index contributed by atoms with van der Waals surface area (Å²) in [4.78, 5) is 2.20. The molecule has 0 saturated carbocycles. The third-order valence-corrected chi connectivity index (χ3v) is 1.35. The van der Waals surface area contributed by atoms with Gasteiger partial charge in [0.2, 0.25) is 0 Å². The van der Waals surface area contributed by atoms with Crippen LogP contribution >= 0.6 is 0 Å². The van der Waals surface area contributed by atoms with Gasteiger partial charge in [-0.1, -0.05) is 0 Å². The van der Waals surface area contributed by atoms with Crippen LogP contribution in [0.15, 0.2) is 12.4 Å². The van der Waals surface area contributed by atoms with Gasteiger partial charge in [-0.15, -0.1) is 0 Å². The van der Waals surface area contributed by atoms with Crippen molar-refractivity contribution in [2.45, 2.75) is 6.42 Å². The zero-order valence-corrected chi connectivity index (χ0v) is 5.51. The van der Waals surface area contributed by atoms with Gasteiger partial charge < -0.3 is 16.0 Å². The van der Waals surface area contributed by atoms with Crippen molar-refractivity contribution in [1.82, 2.24) is 10.2 Å². The summed E-state index contributed by atoms with van der Waals surface area (Å²) in [6.07, 6.45) is 5.08. The molecule has 0 aromatic heterocycles. The number of hydrogen-bond donors (Lipinski definition) is 2. The molecule has 0 aromatic carbocycles. The summed E-state index contributed by atoms with van der Waals surface area (Å²) in [7, 11) is 0. The fraction of sp³-hybridized carbons (Fsp3) is 0.667. The van der Waals surface area contributed by atoms with E-state index >= 15 is 0 Å². The second-order valence-electron chi connectivity index (χ2n) is 2.13. The molecule has 3 nitrogen and oxygen atoms in total. The van der Waals surface area contributed by atoms with Crippen molar-refractivity contribution in [2.24, 2.45) is 5.73 Å². The average molecular weight is 127 g/mol. The Hall–Kier alpha value is -0.700. The predicted octanol–water partition coefficient (Wildman–Crippen LogP) is -0.331. The van der Waals surface area contributed by atoms with E-state index in [-0.39, 0.29) is 0 Å². The van der Waals surface area contributed by atoms with Gasteiger partial charge >= 0.3 is 0 Å². The van der Waals surface area contributed by atoms with Crippen molar-refractivity contribution >= 4 is 0 Å². The first-order chi connectivity index (χ1) is 4.43.